The number of carbonyl (C=O) groups is 1. The van der Waals surface area contributed by atoms with Gasteiger partial charge < -0.3 is 4.74 Å². The van der Waals surface area contributed by atoms with Gasteiger partial charge in [0.05, 0.1) is 22.4 Å². The van der Waals surface area contributed by atoms with Crippen LogP contribution in [-0.2, 0) is 31.4 Å². The summed E-state index contributed by atoms with van der Waals surface area (Å²) in [6, 6.07) is 14.8. The molecule has 0 aromatic heterocycles. The minimum atomic E-state index is -4.51. The fourth-order valence-electron chi connectivity index (χ4n) is 2.75. The van der Waals surface area contributed by atoms with E-state index in [0.717, 1.165) is 5.56 Å². The van der Waals surface area contributed by atoms with Gasteiger partial charge in [-0.25, -0.2) is 26.0 Å². The number of hydrogen-bond donors (Lipinski definition) is 1. The van der Waals surface area contributed by atoms with Crippen LogP contribution in [0.25, 0.3) is 0 Å². The van der Waals surface area contributed by atoms with Crippen LogP contribution in [0.1, 0.15) is 40.2 Å². The van der Waals surface area contributed by atoms with E-state index in [0.29, 0.717) is 0 Å². The minimum Gasteiger partial charge on any atom is -0.457 e. The van der Waals surface area contributed by atoms with Crippen LogP contribution >= 0.6 is 11.6 Å². The summed E-state index contributed by atoms with van der Waals surface area (Å²) in [6.45, 7) is 1.56. The van der Waals surface area contributed by atoms with Crippen molar-refractivity contribution in [1.82, 2.24) is 4.13 Å². The summed E-state index contributed by atoms with van der Waals surface area (Å²) in [5.74, 6) is -2.34. The molecule has 7 nitrogen and oxygen atoms in total. The highest BCUT2D eigenvalue weighted by Gasteiger charge is 2.31. The molecular formula is C20H23ClFNO6S2. The Hall–Kier alpha value is -2.01. The molecule has 0 saturated carbocycles. The lowest BCUT2D eigenvalue weighted by Gasteiger charge is -2.18. The lowest BCUT2D eigenvalue weighted by Crippen LogP contribution is -2.37. The molecule has 0 aliphatic carbocycles. The summed E-state index contributed by atoms with van der Waals surface area (Å²) in [4.78, 5) is 12.5. The number of ether oxygens (including phenoxy) is 1. The second-order valence-corrected chi connectivity index (χ2v) is 11.1. The van der Waals surface area contributed by atoms with Gasteiger partial charge in [0, 0.05) is 0 Å². The number of nitrogens with one attached hydrogen (secondary N) is 1. The summed E-state index contributed by atoms with van der Waals surface area (Å²) in [5, 5.41) is -1.52. The zero-order valence-corrected chi connectivity index (χ0v) is 19.1. The minimum absolute atomic E-state index is 0.00635. The van der Waals surface area contributed by atoms with E-state index in [9.17, 15) is 26.0 Å². The molecule has 170 valence electrons. The quantitative estimate of drug-likeness (QED) is 0.381. The number of carbonyl (C=O) groups excluding carboxylic acids is 1. The summed E-state index contributed by atoms with van der Waals surface area (Å²) >= 11 is 6.14. The predicted molar refractivity (Wildman–Crippen MR) is 116 cm³/mol. The Bertz CT molecular complexity index is 1090. The van der Waals surface area contributed by atoms with Crippen molar-refractivity contribution in [3.05, 3.63) is 71.3 Å². The Morgan fingerprint density at radius 2 is 1.65 bits per heavy atom. The molecule has 2 unspecified atom stereocenters. The Labute approximate surface area is 186 Å². The van der Waals surface area contributed by atoms with Crippen molar-refractivity contribution in [2.45, 2.75) is 31.5 Å². The van der Waals surface area contributed by atoms with Crippen LogP contribution in [0.5, 0.6) is 0 Å². The van der Waals surface area contributed by atoms with E-state index in [1.54, 1.807) is 31.2 Å². The van der Waals surface area contributed by atoms with Crippen molar-refractivity contribution >= 4 is 37.6 Å². The Balaban J connectivity index is 2.12. The molecule has 11 heteroatoms. The molecule has 1 N–H and O–H groups in total. The highest BCUT2D eigenvalue weighted by molar-refractivity contribution is 8.04. The van der Waals surface area contributed by atoms with Crippen LogP contribution in [-0.4, -0.2) is 40.5 Å². The topological polar surface area (TPSA) is 107 Å². The SMILES string of the molecule is CCCS(=O)(=O)NS(=O)(=O)CC(F)C(Cl)c1ccccc1C(=O)OCc1ccccc1. The van der Waals surface area contributed by atoms with Crippen molar-refractivity contribution in [2.75, 3.05) is 11.5 Å². The van der Waals surface area contributed by atoms with E-state index in [4.69, 9.17) is 16.3 Å². The van der Waals surface area contributed by atoms with Gasteiger partial charge in [-0.3, -0.25) is 0 Å². The first-order valence-electron chi connectivity index (χ1n) is 9.36. The number of halogens is 2. The van der Waals surface area contributed by atoms with Crippen molar-refractivity contribution in [1.29, 1.82) is 0 Å². The summed E-state index contributed by atoms with van der Waals surface area (Å²) < 4.78 is 69.0. The summed E-state index contributed by atoms with van der Waals surface area (Å²) in [6.07, 6.45) is -1.99. The molecule has 2 aromatic carbocycles. The highest BCUT2D eigenvalue weighted by Crippen LogP contribution is 2.30. The van der Waals surface area contributed by atoms with Gasteiger partial charge in [0.1, 0.15) is 12.8 Å². The van der Waals surface area contributed by atoms with E-state index >= 15 is 0 Å². The molecule has 2 rings (SSSR count). The van der Waals surface area contributed by atoms with Gasteiger partial charge in [-0.2, -0.15) is 0 Å². The molecule has 0 heterocycles. The zero-order valence-electron chi connectivity index (χ0n) is 16.7. The van der Waals surface area contributed by atoms with E-state index < -0.39 is 49.1 Å². The molecule has 0 radical (unpaired) electrons. The van der Waals surface area contributed by atoms with Gasteiger partial charge >= 0.3 is 5.97 Å². The van der Waals surface area contributed by atoms with Crippen LogP contribution in [0.2, 0.25) is 0 Å². The number of sulfonamides is 2. The standard InChI is InChI=1S/C20H23ClFNO6S2/c1-2-12-30(25,26)23-31(27,28)14-18(22)19(21)16-10-6-7-11-17(16)20(24)29-13-15-8-4-3-5-9-15/h3-11,18-19,23H,2,12-14H2,1H3. The maximum absolute atomic E-state index is 14.7. The molecule has 0 amide bonds. The van der Waals surface area contributed by atoms with E-state index in [2.05, 4.69) is 0 Å². The molecule has 0 spiro atoms. The second-order valence-electron chi connectivity index (χ2n) is 6.75. The molecular weight excluding hydrogens is 469 g/mol. The highest BCUT2D eigenvalue weighted by atomic mass is 35.5. The lowest BCUT2D eigenvalue weighted by atomic mass is 10.0. The van der Waals surface area contributed by atoms with Crippen LogP contribution in [0.4, 0.5) is 4.39 Å². The number of hydrogen-bond acceptors (Lipinski definition) is 6. The average molecular weight is 492 g/mol. The van der Waals surface area contributed by atoms with Crippen LogP contribution in [0.3, 0.4) is 0 Å². The first-order chi connectivity index (χ1) is 14.5. The smallest absolute Gasteiger partial charge is 0.338 e. The molecule has 2 atom stereocenters. The van der Waals surface area contributed by atoms with Crippen molar-refractivity contribution in [3.8, 4) is 0 Å². The summed E-state index contributed by atoms with van der Waals surface area (Å²) in [5.41, 5.74) is 0.788. The van der Waals surface area contributed by atoms with Crippen LogP contribution < -0.4 is 4.13 Å². The van der Waals surface area contributed by atoms with E-state index in [-0.39, 0.29) is 24.2 Å². The van der Waals surface area contributed by atoms with Crippen molar-refractivity contribution in [3.63, 3.8) is 0 Å². The molecule has 2 aromatic rings. The zero-order chi connectivity index (χ0) is 23.1. The van der Waals surface area contributed by atoms with E-state index in [1.807, 2.05) is 6.07 Å². The first-order valence-corrected chi connectivity index (χ1v) is 13.1. The number of alkyl halides is 2. The largest absolute Gasteiger partial charge is 0.457 e. The monoisotopic (exact) mass is 491 g/mol. The normalized spacial score (nSPS) is 14.0. The van der Waals surface area contributed by atoms with Crippen LogP contribution in [0.15, 0.2) is 54.6 Å². The predicted octanol–water partition coefficient (Wildman–Crippen LogP) is 3.32. The number of benzene rings is 2. The number of esters is 1. The number of rotatable bonds is 11. The van der Waals surface area contributed by atoms with Gasteiger partial charge in [-0.05, 0) is 23.6 Å². The molecule has 31 heavy (non-hydrogen) atoms. The molecule has 0 aliphatic heterocycles. The van der Waals surface area contributed by atoms with Gasteiger partial charge in [-0.15, -0.1) is 15.7 Å². The third-order valence-electron chi connectivity index (χ3n) is 4.11. The molecule has 0 saturated heterocycles. The Morgan fingerprint density at radius 1 is 1.03 bits per heavy atom. The van der Waals surface area contributed by atoms with Crippen LogP contribution in [0, 0.1) is 0 Å². The molecule has 0 fully saturated rings. The molecule has 0 aliphatic rings. The van der Waals surface area contributed by atoms with Crippen molar-refractivity contribution in [2.24, 2.45) is 0 Å². The van der Waals surface area contributed by atoms with E-state index in [1.165, 1.54) is 28.4 Å². The maximum atomic E-state index is 14.7. The molecule has 0 bridgehead atoms. The fraction of sp³-hybridized carbons (Fsp3) is 0.350. The third-order valence-corrected chi connectivity index (χ3v) is 8.36. The van der Waals surface area contributed by atoms with Gasteiger partial charge in [0.25, 0.3) is 0 Å². The summed E-state index contributed by atoms with van der Waals surface area (Å²) in [7, 11) is -8.61. The van der Waals surface area contributed by atoms with Crippen molar-refractivity contribution < 1.29 is 30.8 Å². The maximum Gasteiger partial charge on any atom is 0.338 e. The Kier molecular flexibility index (Phi) is 8.99. The van der Waals surface area contributed by atoms with Gasteiger partial charge in [0.15, 0.2) is 0 Å². The third kappa shape index (κ3) is 7.88. The lowest BCUT2D eigenvalue weighted by molar-refractivity contribution is 0.0471. The second kappa shape index (κ2) is 11.0. The first kappa shape index (κ1) is 25.3. The van der Waals surface area contributed by atoms with Gasteiger partial charge in [0.2, 0.25) is 20.0 Å². The Morgan fingerprint density at radius 3 is 2.29 bits per heavy atom. The average Bonchev–Trinajstić information content (AvgIpc) is 2.70. The van der Waals surface area contributed by atoms with Gasteiger partial charge in [-0.1, -0.05) is 55.5 Å². The fourth-order valence-corrected chi connectivity index (χ4v) is 6.44.